The topological polar surface area (TPSA) is 93.7 Å². The van der Waals surface area contributed by atoms with Gasteiger partial charge >= 0.3 is 0 Å². The molecule has 2 N–H and O–H groups in total. The molecule has 7 nitrogen and oxygen atoms in total. The summed E-state index contributed by atoms with van der Waals surface area (Å²) in [6, 6.07) is 9.68. The molecule has 0 radical (unpaired) electrons. The molecule has 0 saturated carbocycles. The van der Waals surface area contributed by atoms with Crippen LogP contribution in [-0.4, -0.2) is 34.3 Å². The predicted molar refractivity (Wildman–Crippen MR) is 102 cm³/mol. The van der Waals surface area contributed by atoms with Crippen LogP contribution < -0.4 is 19.5 Å². The number of nitrogens with one attached hydrogen (secondary N) is 2. The number of ether oxygens (including phenoxy) is 2. The number of rotatable bonds is 7. The maximum absolute atomic E-state index is 12.0. The standard InChI is InChI=1S/C17H19ClN2O5S/c1-11-8-13(5-6-14(11)18)25-10-17(21)19-12-4-7-15(16(9-12)24-2)20-26(3,22)23/h4-9,20H,10H2,1-3H3,(H,19,21). The molecule has 0 fully saturated rings. The van der Waals surface area contributed by atoms with Gasteiger partial charge in [0.05, 0.1) is 19.1 Å². The quantitative estimate of drug-likeness (QED) is 0.747. The van der Waals surface area contributed by atoms with Crippen LogP contribution in [0.3, 0.4) is 0 Å². The minimum atomic E-state index is -3.44. The summed E-state index contributed by atoms with van der Waals surface area (Å²) in [5.41, 5.74) is 1.57. The summed E-state index contributed by atoms with van der Waals surface area (Å²) in [4.78, 5) is 12.0. The van der Waals surface area contributed by atoms with E-state index in [-0.39, 0.29) is 24.0 Å². The van der Waals surface area contributed by atoms with Gasteiger partial charge in [0.2, 0.25) is 10.0 Å². The fourth-order valence-corrected chi connectivity index (χ4v) is 2.79. The Balaban J connectivity index is 2.00. The second-order valence-electron chi connectivity index (χ2n) is 5.54. The summed E-state index contributed by atoms with van der Waals surface area (Å²) in [6.07, 6.45) is 1.04. The van der Waals surface area contributed by atoms with Crippen molar-refractivity contribution in [1.82, 2.24) is 0 Å². The number of sulfonamides is 1. The van der Waals surface area contributed by atoms with Crippen molar-refractivity contribution in [2.24, 2.45) is 0 Å². The molecule has 9 heteroatoms. The molecule has 0 saturated heterocycles. The van der Waals surface area contributed by atoms with Crippen molar-refractivity contribution in [2.45, 2.75) is 6.92 Å². The molecule has 2 rings (SSSR count). The summed E-state index contributed by atoms with van der Waals surface area (Å²) in [5.74, 6) is 0.443. The first kappa shape index (κ1) is 19.9. The number of carbonyl (C=O) groups is 1. The van der Waals surface area contributed by atoms with E-state index in [0.717, 1.165) is 11.8 Å². The molecular formula is C17H19ClN2O5S. The van der Waals surface area contributed by atoms with Gasteiger partial charge in [-0.25, -0.2) is 8.42 Å². The Morgan fingerprint density at radius 2 is 1.92 bits per heavy atom. The van der Waals surface area contributed by atoms with E-state index in [9.17, 15) is 13.2 Å². The lowest BCUT2D eigenvalue weighted by atomic mass is 10.2. The highest BCUT2D eigenvalue weighted by Crippen LogP contribution is 2.28. The van der Waals surface area contributed by atoms with E-state index in [0.29, 0.717) is 16.5 Å². The molecule has 0 aliphatic heterocycles. The summed E-state index contributed by atoms with van der Waals surface area (Å²) in [5, 5.41) is 3.28. The highest BCUT2D eigenvalue weighted by Gasteiger charge is 2.11. The minimum Gasteiger partial charge on any atom is -0.494 e. The van der Waals surface area contributed by atoms with Gasteiger partial charge in [-0.15, -0.1) is 0 Å². The van der Waals surface area contributed by atoms with Crippen LogP contribution in [0.5, 0.6) is 11.5 Å². The van der Waals surface area contributed by atoms with E-state index < -0.39 is 10.0 Å². The van der Waals surface area contributed by atoms with Crippen molar-refractivity contribution >= 4 is 38.9 Å². The average molecular weight is 399 g/mol. The molecule has 140 valence electrons. The number of benzene rings is 2. The molecule has 0 heterocycles. The Bertz CT molecular complexity index is 915. The highest BCUT2D eigenvalue weighted by molar-refractivity contribution is 7.92. The Labute approximate surface area is 157 Å². The lowest BCUT2D eigenvalue weighted by molar-refractivity contribution is -0.118. The van der Waals surface area contributed by atoms with Crippen LogP contribution in [0.2, 0.25) is 5.02 Å². The van der Waals surface area contributed by atoms with Crippen molar-refractivity contribution in [2.75, 3.05) is 30.0 Å². The van der Waals surface area contributed by atoms with E-state index >= 15 is 0 Å². The Hall–Kier alpha value is -2.45. The molecule has 2 aromatic rings. The molecule has 2 aromatic carbocycles. The van der Waals surface area contributed by atoms with Gasteiger partial charge in [0.1, 0.15) is 11.5 Å². The van der Waals surface area contributed by atoms with Gasteiger partial charge in [-0.2, -0.15) is 0 Å². The number of halogens is 1. The van der Waals surface area contributed by atoms with Gasteiger partial charge in [-0.3, -0.25) is 9.52 Å². The fourth-order valence-electron chi connectivity index (χ4n) is 2.11. The molecule has 26 heavy (non-hydrogen) atoms. The lowest BCUT2D eigenvalue weighted by Gasteiger charge is -2.13. The first-order valence-corrected chi connectivity index (χ1v) is 9.79. The molecule has 0 spiro atoms. The number of aryl methyl sites for hydroxylation is 1. The highest BCUT2D eigenvalue weighted by atomic mass is 35.5. The summed E-state index contributed by atoms with van der Waals surface area (Å²) in [6.45, 7) is 1.65. The average Bonchev–Trinajstić information content (AvgIpc) is 2.56. The third-order valence-corrected chi connectivity index (χ3v) is 4.29. The van der Waals surface area contributed by atoms with Crippen LogP contribution in [0.4, 0.5) is 11.4 Å². The van der Waals surface area contributed by atoms with Crippen LogP contribution in [0.15, 0.2) is 36.4 Å². The van der Waals surface area contributed by atoms with E-state index in [1.165, 1.54) is 19.2 Å². The molecule has 0 aromatic heterocycles. The first-order valence-electron chi connectivity index (χ1n) is 7.52. The van der Waals surface area contributed by atoms with Gasteiger partial charge in [-0.1, -0.05) is 11.6 Å². The third-order valence-electron chi connectivity index (χ3n) is 3.28. The van der Waals surface area contributed by atoms with E-state index in [1.54, 1.807) is 24.3 Å². The molecule has 0 atom stereocenters. The Kier molecular flexibility index (Phi) is 6.33. The van der Waals surface area contributed by atoms with Gasteiger partial charge < -0.3 is 14.8 Å². The number of hydrogen-bond donors (Lipinski definition) is 2. The maximum Gasteiger partial charge on any atom is 0.262 e. The number of carbonyl (C=O) groups excluding carboxylic acids is 1. The zero-order chi connectivity index (χ0) is 19.3. The van der Waals surface area contributed by atoms with Crippen LogP contribution >= 0.6 is 11.6 Å². The number of hydrogen-bond acceptors (Lipinski definition) is 5. The molecule has 0 unspecified atom stereocenters. The lowest BCUT2D eigenvalue weighted by Crippen LogP contribution is -2.20. The van der Waals surface area contributed by atoms with Gasteiger partial charge in [0, 0.05) is 16.8 Å². The summed E-state index contributed by atoms with van der Waals surface area (Å²) >= 11 is 5.94. The van der Waals surface area contributed by atoms with Gasteiger partial charge in [0.25, 0.3) is 5.91 Å². The Morgan fingerprint density at radius 1 is 1.19 bits per heavy atom. The zero-order valence-electron chi connectivity index (χ0n) is 14.5. The van der Waals surface area contributed by atoms with Crippen LogP contribution in [0, 0.1) is 6.92 Å². The monoisotopic (exact) mass is 398 g/mol. The van der Waals surface area contributed by atoms with Crippen LogP contribution in [-0.2, 0) is 14.8 Å². The van der Waals surface area contributed by atoms with Crippen LogP contribution in [0.1, 0.15) is 5.56 Å². The summed E-state index contributed by atoms with van der Waals surface area (Å²) in [7, 11) is -2.04. The van der Waals surface area contributed by atoms with Crippen molar-refractivity contribution in [3.8, 4) is 11.5 Å². The number of anilines is 2. The minimum absolute atomic E-state index is 0.188. The van der Waals surface area contributed by atoms with Crippen molar-refractivity contribution < 1.29 is 22.7 Å². The van der Waals surface area contributed by atoms with E-state index in [1.807, 2.05) is 6.92 Å². The Morgan fingerprint density at radius 3 is 2.54 bits per heavy atom. The van der Waals surface area contributed by atoms with Gasteiger partial charge in [-0.05, 0) is 42.8 Å². The number of methoxy groups -OCH3 is 1. The molecular weight excluding hydrogens is 380 g/mol. The van der Waals surface area contributed by atoms with E-state index in [2.05, 4.69) is 10.0 Å². The zero-order valence-corrected chi connectivity index (χ0v) is 16.1. The molecule has 0 bridgehead atoms. The SMILES string of the molecule is COc1cc(NC(=O)COc2ccc(Cl)c(C)c2)ccc1NS(C)(=O)=O. The van der Waals surface area contributed by atoms with Crippen molar-refractivity contribution in [3.05, 3.63) is 47.0 Å². The smallest absolute Gasteiger partial charge is 0.262 e. The third kappa shape index (κ3) is 5.82. The van der Waals surface area contributed by atoms with E-state index in [4.69, 9.17) is 21.1 Å². The van der Waals surface area contributed by atoms with Crippen molar-refractivity contribution in [1.29, 1.82) is 0 Å². The van der Waals surface area contributed by atoms with Gasteiger partial charge in [0.15, 0.2) is 6.61 Å². The predicted octanol–water partition coefficient (Wildman–Crippen LogP) is 3.05. The molecule has 1 amide bonds. The number of amides is 1. The summed E-state index contributed by atoms with van der Waals surface area (Å²) < 4.78 is 35.6. The molecule has 0 aliphatic carbocycles. The first-order chi connectivity index (χ1) is 12.2. The normalized spacial score (nSPS) is 10.9. The second-order valence-corrected chi connectivity index (χ2v) is 7.69. The van der Waals surface area contributed by atoms with Crippen LogP contribution in [0.25, 0.3) is 0 Å². The largest absolute Gasteiger partial charge is 0.494 e. The second kappa shape index (κ2) is 8.29. The fraction of sp³-hybridized carbons (Fsp3) is 0.235. The van der Waals surface area contributed by atoms with Crippen molar-refractivity contribution in [3.63, 3.8) is 0 Å². The maximum atomic E-state index is 12.0. The molecule has 0 aliphatic rings.